The van der Waals surface area contributed by atoms with Gasteiger partial charge in [-0.3, -0.25) is 4.79 Å². The van der Waals surface area contributed by atoms with Crippen LogP contribution in [0.1, 0.15) is 30.1 Å². The van der Waals surface area contributed by atoms with Crippen molar-refractivity contribution in [2.75, 3.05) is 25.0 Å². The Balaban J connectivity index is 1.59. The van der Waals surface area contributed by atoms with Gasteiger partial charge in [-0.25, -0.2) is 4.68 Å². The molecule has 0 saturated heterocycles. The van der Waals surface area contributed by atoms with Gasteiger partial charge in [-0.1, -0.05) is 42.0 Å². The molecule has 1 amide bonds. The molecule has 0 saturated carbocycles. The standard InChI is InChI=1S/C26H26ClF3N4O2/c1-2-33(24(35)19-11-6-7-12-21(19)27)17-25(36,26(28,29)30)16-31-22-13-8-14-23-20(22)15-32-34(23)18-9-4-3-5-10-18/h4,6-15,31,36H,2-3,5,16-17H2,1H3. The lowest BCUT2D eigenvalue weighted by molar-refractivity contribution is -0.257. The number of benzene rings is 2. The summed E-state index contributed by atoms with van der Waals surface area (Å²) in [4.78, 5) is 13.9. The first kappa shape index (κ1) is 25.8. The first-order valence-electron chi connectivity index (χ1n) is 11.6. The number of aromatic nitrogens is 2. The molecule has 0 bridgehead atoms. The van der Waals surface area contributed by atoms with Gasteiger partial charge in [-0.2, -0.15) is 18.3 Å². The molecule has 0 aliphatic heterocycles. The molecule has 1 aliphatic rings. The Labute approximate surface area is 211 Å². The molecule has 1 aliphatic carbocycles. The maximum Gasteiger partial charge on any atom is 0.420 e. The average Bonchev–Trinajstić information content (AvgIpc) is 3.31. The minimum absolute atomic E-state index is 0.0482. The number of halogens is 4. The monoisotopic (exact) mass is 518 g/mol. The molecule has 10 heteroatoms. The van der Waals surface area contributed by atoms with Crippen molar-refractivity contribution in [3.05, 3.63) is 77.5 Å². The van der Waals surface area contributed by atoms with E-state index in [1.165, 1.54) is 12.1 Å². The summed E-state index contributed by atoms with van der Waals surface area (Å²) >= 11 is 6.08. The molecule has 0 spiro atoms. The Kier molecular flexibility index (Phi) is 7.42. The van der Waals surface area contributed by atoms with Crippen molar-refractivity contribution >= 4 is 39.8 Å². The number of carbonyl (C=O) groups is 1. The van der Waals surface area contributed by atoms with Crippen LogP contribution in [0.5, 0.6) is 0 Å². The topological polar surface area (TPSA) is 70.4 Å². The highest BCUT2D eigenvalue weighted by Gasteiger charge is 2.55. The number of carbonyl (C=O) groups excluding carboxylic acids is 1. The second-order valence-electron chi connectivity index (χ2n) is 8.59. The minimum Gasteiger partial charge on any atom is -0.381 e. The maximum atomic E-state index is 14.1. The lowest BCUT2D eigenvalue weighted by Crippen LogP contribution is -2.58. The van der Waals surface area contributed by atoms with E-state index in [9.17, 15) is 23.1 Å². The molecule has 1 aromatic heterocycles. The number of likely N-dealkylation sites (N-methyl/N-ethyl adjacent to an activating group) is 1. The van der Waals surface area contributed by atoms with Crippen LogP contribution in [0, 0.1) is 0 Å². The Morgan fingerprint density at radius 1 is 1.19 bits per heavy atom. The summed E-state index contributed by atoms with van der Waals surface area (Å²) < 4.78 is 44.1. The number of nitrogens with zero attached hydrogens (tertiary/aromatic N) is 3. The number of hydrogen-bond acceptors (Lipinski definition) is 4. The maximum absolute atomic E-state index is 14.1. The SMILES string of the molecule is CCN(CC(O)(CNc1cccc2c1cnn2C1=CCCC=C1)C(F)(F)F)C(=O)c1ccccc1Cl. The summed E-state index contributed by atoms with van der Waals surface area (Å²) in [6.07, 6.45) is 4.43. The molecule has 2 N–H and O–H groups in total. The zero-order chi connectivity index (χ0) is 25.9. The zero-order valence-electron chi connectivity index (χ0n) is 19.6. The summed E-state index contributed by atoms with van der Waals surface area (Å²) in [6.45, 7) is -0.331. The van der Waals surface area contributed by atoms with Crippen LogP contribution in [0.15, 0.2) is 66.9 Å². The third kappa shape index (κ3) is 5.12. The number of anilines is 1. The second kappa shape index (κ2) is 10.4. The van der Waals surface area contributed by atoms with Crippen LogP contribution in [0.25, 0.3) is 16.6 Å². The van der Waals surface area contributed by atoms with Crippen LogP contribution < -0.4 is 5.32 Å². The Morgan fingerprint density at radius 3 is 2.64 bits per heavy atom. The summed E-state index contributed by atoms with van der Waals surface area (Å²) in [7, 11) is 0. The van der Waals surface area contributed by atoms with E-state index in [0.717, 1.165) is 29.0 Å². The van der Waals surface area contributed by atoms with Gasteiger partial charge >= 0.3 is 6.18 Å². The average molecular weight is 519 g/mol. The highest BCUT2D eigenvalue weighted by molar-refractivity contribution is 6.33. The number of alkyl halides is 3. The van der Waals surface area contributed by atoms with Gasteiger partial charge in [0.05, 0.1) is 41.1 Å². The van der Waals surface area contributed by atoms with Gasteiger partial charge in [0.25, 0.3) is 5.91 Å². The highest BCUT2D eigenvalue weighted by Crippen LogP contribution is 2.34. The molecule has 6 nitrogen and oxygen atoms in total. The summed E-state index contributed by atoms with van der Waals surface area (Å²) in [5.74, 6) is -0.692. The second-order valence-corrected chi connectivity index (χ2v) is 8.99. The molecule has 190 valence electrons. The van der Waals surface area contributed by atoms with E-state index in [-0.39, 0.29) is 17.1 Å². The predicted octanol–water partition coefficient (Wildman–Crippen LogP) is 5.75. The van der Waals surface area contributed by atoms with E-state index < -0.39 is 30.8 Å². The van der Waals surface area contributed by atoms with Crippen molar-refractivity contribution in [1.29, 1.82) is 0 Å². The minimum atomic E-state index is -5.01. The Bertz CT molecular complexity index is 1320. The molecule has 36 heavy (non-hydrogen) atoms. The van der Waals surface area contributed by atoms with E-state index in [0.29, 0.717) is 11.1 Å². The van der Waals surface area contributed by atoms with Crippen LogP contribution in [0.4, 0.5) is 18.9 Å². The molecule has 1 heterocycles. The van der Waals surface area contributed by atoms with Gasteiger partial charge in [0.2, 0.25) is 0 Å². The molecule has 1 atom stereocenters. The van der Waals surface area contributed by atoms with Crippen molar-refractivity contribution in [1.82, 2.24) is 14.7 Å². The normalized spacial score (nSPS) is 15.4. The van der Waals surface area contributed by atoms with Crippen LogP contribution in [0.2, 0.25) is 5.02 Å². The fraction of sp³-hybridized carbons (Fsp3) is 0.308. The number of rotatable bonds is 8. The molecule has 0 fully saturated rings. The van der Waals surface area contributed by atoms with Crippen molar-refractivity contribution < 1.29 is 23.1 Å². The highest BCUT2D eigenvalue weighted by atomic mass is 35.5. The number of nitrogens with one attached hydrogen (secondary N) is 1. The fourth-order valence-corrected chi connectivity index (χ4v) is 4.32. The third-order valence-corrected chi connectivity index (χ3v) is 6.49. The quantitative estimate of drug-likeness (QED) is 0.398. The molecule has 4 rings (SSSR count). The van der Waals surface area contributed by atoms with Gasteiger partial charge < -0.3 is 15.3 Å². The Morgan fingerprint density at radius 2 is 1.97 bits per heavy atom. The largest absolute Gasteiger partial charge is 0.420 e. The van der Waals surface area contributed by atoms with Gasteiger partial charge in [-0.15, -0.1) is 0 Å². The van der Waals surface area contributed by atoms with Crippen molar-refractivity contribution in [2.45, 2.75) is 31.5 Å². The number of aliphatic hydroxyl groups is 1. The van der Waals surface area contributed by atoms with Crippen molar-refractivity contribution in [2.24, 2.45) is 0 Å². The lowest BCUT2D eigenvalue weighted by atomic mass is 10.0. The third-order valence-electron chi connectivity index (χ3n) is 6.16. The van der Waals surface area contributed by atoms with Crippen LogP contribution in [0.3, 0.4) is 0 Å². The lowest BCUT2D eigenvalue weighted by Gasteiger charge is -2.35. The van der Waals surface area contributed by atoms with Crippen molar-refractivity contribution in [3.63, 3.8) is 0 Å². The van der Waals surface area contributed by atoms with E-state index in [2.05, 4.69) is 10.4 Å². The summed E-state index contributed by atoms with van der Waals surface area (Å²) in [6, 6.07) is 11.3. The first-order chi connectivity index (χ1) is 17.1. The van der Waals surface area contributed by atoms with Crippen LogP contribution in [-0.4, -0.2) is 57.1 Å². The van der Waals surface area contributed by atoms with Crippen LogP contribution in [-0.2, 0) is 0 Å². The Hall–Kier alpha value is -3.30. The summed E-state index contributed by atoms with van der Waals surface area (Å²) in [5, 5.41) is 18.7. The fourth-order valence-electron chi connectivity index (χ4n) is 4.10. The molecule has 3 aromatic rings. The number of amides is 1. The summed E-state index contributed by atoms with van der Waals surface area (Å²) in [5.41, 5.74) is -1.15. The van der Waals surface area contributed by atoms with Crippen molar-refractivity contribution in [3.8, 4) is 0 Å². The van der Waals surface area contributed by atoms with Gasteiger partial charge in [0, 0.05) is 17.6 Å². The van der Waals surface area contributed by atoms with Gasteiger partial charge in [0.15, 0.2) is 5.60 Å². The number of allylic oxidation sites excluding steroid dienone is 4. The molecule has 1 unspecified atom stereocenters. The van der Waals surface area contributed by atoms with E-state index >= 15 is 0 Å². The predicted molar refractivity (Wildman–Crippen MR) is 135 cm³/mol. The first-order valence-corrected chi connectivity index (χ1v) is 11.9. The molecular weight excluding hydrogens is 493 g/mol. The van der Waals surface area contributed by atoms with E-state index in [4.69, 9.17) is 11.6 Å². The number of hydrogen-bond donors (Lipinski definition) is 2. The van der Waals surface area contributed by atoms with Crippen LogP contribution >= 0.6 is 11.6 Å². The van der Waals surface area contributed by atoms with E-state index in [1.807, 2.05) is 24.3 Å². The molecule has 2 aromatic carbocycles. The smallest absolute Gasteiger partial charge is 0.381 e. The number of fused-ring (bicyclic) bond motifs is 1. The molecule has 0 radical (unpaired) electrons. The van der Waals surface area contributed by atoms with Gasteiger partial charge in [-0.05, 0) is 50.1 Å². The molecular formula is C26H26ClF3N4O2. The zero-order valence-corrected chi connectivity index (χ0v) is 20.4. The van der Waals surface area contributed by atoms with Gasteiger partial charge in [0.1, 0.15) is 0 Å². The van der Waals surface area contributed by atoms with E-state index in [1.54, 1.807) is 42.1 Å².